The van der Waals surface area contributed by atoms with Gasteiger partial charge in [0.15, 0.2) is 6.29 Å². The van der Waals surface area contributed by atoms with Crippen LogP contribution in [0.15, 0.2) is 12.2 Å². The first-order chi connectivity index (χ1) is 19.4. The van der Waals surface area contributed by atoms with Crippen molar-refractivity contribution in [2.45, 2.75) is 155 Å². The Bertz CT molecular complexity index is 1010. The summed E-state index contributed by atoms with van der Waals surface area (Å²) in [5.41, 5.74) is 0.355. The van der Waals surface area contributed by atoms with E-state index in [0.29, 0.717) is 30.6 Å². The zero-order valence-corrected chi connectivity index (χ0v) is 27.3. The van der Waals surface area contributed by atoms with Gasteiger partial charge in [-0.2, -0.15) is 0 Å². The molecule has 0 bridgehead atoms. The Kier molecular flexibility index (Phi) is 8.65. The fraction of sp³-hybridized carbons (Fsp3) is 0.943. The lowest BCUT2D eigenvalue weighted by Gasteiger charge is -2.70. The number of rotatable bonds is 7. The van der Waals surface area contributed by atoms with Crippen LogP contribution in [0.1, 0.15) is 113 Å². The predicted molar refractivity (Wildman–Crippen MR) is 162 cm³/mol. The third-order valence-electron chi connectivity index (χ3n) is 14.4. The number of hydrogen-bond acceptors (Lipinski definition) is 7. The van der Waals surface area contributed by atoms with Gasteiger partial charge in [-0.25, -0.2) is 0 Å². The molecule has 0 amide bonds. The van der Waals surface area contributed by atoms with Crippen LogP contribution in [-0.2, 0) is 9.47 Å². The molecule has 7 nitrogen and oxygen atoms in total. The van der Waals surface area contributed by atoms with E-state index in [1.807, 2.05) is 13.8 Å². The Morgan fingerprint density at radius 2 is 1.60 bits per heavy atom. The van der Waals surface area contributed by atoms with Gasteiger partial charge >= 0.3 is 0 Å². The minimum Gasteiger partial charge on any atom is -0.390 e. The minimum atomic E-state index is -1.26. The molecule has 1 heterocycles. The van der Waals surface area contributed by atoms with Gasteiger partial charge in [-0.3, -0.25) is 0 Å². The maximum absolute atomic E-state index is 11.8. The largest absolute Gasteiger partial charge is 0.390 e. The van der Waals surface area contributed by atoms with Gasteiger partial charge in [0.05, 0.1) is 24.4 Å². The molecule has 5 rings (SSSR count). The molecular weight excluding hydrogens is 532 g/mol. The second kappa shape index (κ2) is 11.1. The first kappa shape index (κ1) is 32.8. The van der Waals surface area contributed by atoms with Crippen molar-refractivity contribution in [1.29, 1.82) is 0 Å². The molecule has 14 unspecified atom stereocenters. The number of aliphatic hydroxyl groups is 5. The van der Waals surface area contributed by atoms with Crippen molar-refractivity contribution in [3.8, 4) is 0 Å². The van der Waals surface area contributed by atoms with Crippen LogP contribution in [0.3, 0.4) is 0 Å². The van der Waals surface area contributed by atoms with E-state index in [-0.39, 0.29) is 40.3 Å². The third-order valence-corrected chi connectivity index (χ3v) is 14.4. The molecule has 42 heavy (non-hydrogen) atoms. The van der Waals surface area contributed by atoms with Gasteiger partial charge < -0.3 is 35.0 Å². The summed E-state index contributed by atoms with van der Waals surface area (Å²) in [6, 6.07) is 0. The summed E-state index contributed by atoms with van der Waals surface area (Å²) in [5.74, 6) is 1.78. The van der Waals surface area contributed by atoms with E-state index in [2.05, 4.69) is 41.2 Å². The highest BCUT2D eigenvalue weighted by molar-refractivity contribution is 5.18. The van der Waals surface area contributed by atoms with Crippen LogP contribution in [0.25, 0.3) is 0 Å². The van der Waals surface area contributed by atoms with Crippen molar-refractivity contribution in [2.75, 3.05) is 6.61 Å². The summed E-state index contributed by atoms with van der Waals surface area (Å²) in [4.78, 5) is 0. The van der Waals surface area contributed by atoms with Crippen molar-refractivity contribution in [2.24, 2.45) is 45.3 Å². The van der Waals surface area contributed by atoms with Crippen LogP contribution in [-0.4, -0.2) is 74.6 Å². The molecule has 7 heteroatoms. The SMILES string of the molecule is C=C(C)C(O)CCC(C)(O)C1CCC2(C)C1CCC1C3(C)CCC(OC4OCC(O)C(O)C4O)C(C)(C)C3CCC12C. The lowest BCUT2D eigenvalue weighted by Crippen LogP contribution is -2.65. The third kappa shape index (κ3) is 4.96. The minimum absolute atomic E-state index is 0.0419. The average Bonchev–Trinajstić information content (AvgIpc) is 3.28. The molecule has 0 spiro atoms. The zero-order valence-electron chi connectivity index (χ0n) is 27.3. The van der Waals surface area contributed by atoms with Crippen LogP contribution in [0.5, 0.6) is 0 Å². The van der Waals surface area contributed by atoms with Crippen LogP contribution in [0.4, 0.5) is 0 Å². The topological polar surface area (TPSA) is 120 Å². The Morgan fingerprint density at radius 3 is 2.26 bits per heavy atom. The molecule has 14 atom stereocenters. The molecule has 242 valence electrons. The second-order valence-electron chi connectivity index (χ2n) is 16.8. The maximum atomic E-state index is 11.8. The van der Waals surface area contributed by atoms with E-state index in [0.717, 1.165) is 50.5 Å². The molecule has 5 aliphatic rings. The van der Waals surface area contributed by atoms with Crippen molar-refractivity contribution >= 4 is 0 Å². The summed E-state index contributed by atoms with van der Waals surface area (Å²) in [5, 5.41) is 52.8. The molecule has 0 radical (unpaired) electrons. The molecule has 4 saturated carbocycles. The molecule has 5 N–H and O–H groups in total. The molecule has 0 aromatic heterocycles. The Balaban J connectivity index is 1.33. The molecule has 4 aliphatic carbocycles. The van der Waals surface area contributed by atoms with Crippen LogP contribution in [0.2, 0.25) is 0 Å². The molecule has 5 fully saturated rings. The predicted octanol–water partition coefficient (Wildman–Crippen LogP) is 4.96. The van der Waals surface area contributed by atoms with Crippen molar-refractivity contribution in [1.82, 2.24) is 0 Å². The van der Waals surface area contributed by atoms with Gasteiger partial charge in [0, 0.05) is 0 Å². The first-order valence-electron chi connectivity index (χ1n) is 16.8. The Morgan fingerprint density at radius 1 is 0.929 bits per heavy atom. The Hall–Kier alpha value is -0.540. The zero-order chi connectivity index (χ0) is 31.0. The van der Waals surface area contributed by atoms with Crippen molar-refractivity contribution in [3.05, 3.63) is 12.2 Å². The van der Waals surface area contributed by atoms with Crippen molar-refractivity contribution < 1.29 is 35.0 Å². The summed E-state index contributed by atoms with van der Waals surface area (Å²) >= 11 is 0. The molecular formula is C35H60O7. The summed E-state index contributed by atoms with van der Waals surface area (Å²) < 4.78 is 12.1. The average molecular weight is 593 g/mol. The maximum Gasteiger partial charge on any atom is 0.186 e. The number of hydrogen-bond donors (Lipinski definition) is 5. The molecule has 0 aromatic rings. The first-order valence-corrected chi connectivity index (χ1v) is 16.8. The molecule has 1 aliphatic heterocycles. The molecule has 0 aromatic carbocycles. The second-order valence-corrected chi connectivity index (χ2v) is 16.8. The monoisotopic (exact) mass is 592 g/mol. The number of fused-ring (bicyclic) bond motifs is 5. The van der Waals surface area contributed by atoms with E-state index in [1.165, 1.54) is 6.42 Å². The van der Waals surface area contributed by atoms with Crippen molar-refractivity contribution in [3.63, 3.8) is 0 Å². The standard InChI is InChI=1S/C35H60O7/c1-20(2)23(36)12-18-35(8,40)22-11-16-33(6)21(22)9-10-26-32(5)15-14-27(31(3,4)25(32)13-17-34(26,33)7)42-30-29(39)28(38)24(37)19-41-30/h21-30,36-40H,1,9-19H2,2-8H3. The van der Waals surface area contributed by atoms with Gasteiger partial charge in [0.25, 0.3) is 0 Å². The van der Waals surface area contributed by atoms with Gasteiger partial charge in [-0.05, 0) is 123 Å². The highest BCUT2D eigenvalue weighted by atomic mass is 16.7. The highest BCUT2D eigenvalue weighted by Crippen LogP contribution is 2.76. The van der Waals surface area contributed by atoms with Crippen LogP contribution in [0, 0.1) is 45.3 Å². The lowest BCUT2D eigenvalue weighted by atomic mass is 9.35. The van der Waals surface area contributed by atoms with E-state index in [4.69, 9.17) is 9.47 Å². The number of ether oxygens (including phenoxy) is 2. The van der Waals surface area contributed by atoms with E-state index in [9.17, 15) is 25.5 Å². The van der Waals surface area contributed by atoms with Gasteiger partial charge in [-0.1, -0.05) is 46.8 Å². The van der Waals surface area contributed by atoms with Gasteiger partial charge in [0.1, 0.15) is 18.3 Å². The van der Waals surface area contributed by atoms with Crippen LogP contribution < -0.4 is 0 Å². The van der Waals surface area contributed by atoms with E-state index < -0.39 is 36.3 Å². The fourth-order valence-electron chi connectivity index (χ4n) is 11.6. The van der Waals surface area contributed by atoms with E-state index in [1.54, 1.807) is 0 Å². The molecule has 1 saturated heterocycles. The van der Waals surface area contributed by atoms with Gasteiger partial charge in [0.2, 0.25) is 0 Å². The van der Waals surface area contributed by atoms with Gasteiger partial charge in [-0.15, -0.1) is 0 Å². The summed E-state index contributed by atoms with van der Waals surface area (Å²) in [7, 11) is 0. The smallest absolute Gasteiger partial charge is 0.186 e. The Labute approximate surface area is 254 Å². The van der Waals surface area contributed by atoms with Crippen LogP contribution >= 0.6 is 0 Å². The highest BCUT2D eigenvalue weighted by Gasteiger charge is 2.69. The van der Waals surface area contributed by atoms with E-state index >= 15 is 0 Å². The number of aliphatic hydroxyl groups excluding tert-OH is 4. The fourth-order valence-corrected chi connectivity index (χ4v) is 11.6. The summed E-state index contributed by atoms with van der Waals surface area (Å²) in [6.07, 6.45) is 4.68. The summed E-state index contributed by atoms with van der Waals surface area (Å²) in [6.45, 7) is 20.0. The normalized spacial score (nSPS) is 50.6. The lowest BCUT2D eigenvalue weighted by molar-refractivity contribution is -0.310. The quantitative estimate of drug-likeness (QED) is 0.209.